The van der Waals surface area contributed by atoms with Crippen LogP contribution in [0.15, 0.2) is 24.3 Å². The first-order valence-electron chi connectivity index (χ1n) is 4.54. The fraction of sp³-hybridized carbons (Fsp3) is 0.364. The minimum Gasteiger partial charge on any atom is -0.321 e. The van der Waals surface area contributed by atoms with Crippen molar-refractivity contribution in [1.29, 1.82) is 0 Å². The number of benzene rings is 1. The van der Waals surface area contributed by atoms with Crippen molar-refractivity contribution >= 4 is 5.78 Å². The van der Waals surface area contributed by atoms with E-state index in [0.29, 0.717) is 5.56 Å². The lowest BCUT2D eigenvalue weighted by atomic mass is 10.0. The van der Waals surface area contributed by atoms with Gasteiger partial charge in [0.25, 0.3) is 0 Å². The Morgan fingerprint density at radius 2 is 1.92 bits per heavy atom. The molecule has 1 aromatic carbocycles. The zero-order chi connectivity index (χ0) is 9.84. The number of hydrogen-bond donors (Lipinski definition) is 1. The molecule has 2 heteroatoms. The van der Waals surface area contributed by atoms with Crippen LogP contribution in [-0.4, -0.2) is 11.8 Å². The van der Waals surface area contributed by atoms with E-state index >= 15 is 0 Å². The number of aryl methyl sites for hydroxylation is 1. The minimum atomic E-state index is -0.410. The summed E-state index contributed by atoms with van der Waals surface area (Å²) in [6, 6.07) is 7.20. The van der Waals surface area contributed by atoms with Gasteiger partial charge >= 0.3 is 0 Å². The molecule has 0 amide bonds. The Morgan fingerprint density at radius 1 is 1.38 bits per heavy atom. The Labute approximate surface area is 78.8 Å². The molecule has 0 radical (unpaired) electrons. The first-order chi connectivity index (χ1) is 6.15. The van der Waals surface area contributed by atoms with Crippen LogP contribution in [0.2, 0.25) is 0 Å². The number of carbonyl (C=O) groups is 1. The molecular weight excluding hydrogens is 162 g/mol. The van der Waals surface area contributed by atoms with Gasteiger partial charge in [0, 0.05) is 5.56 Å². The van der Waals surface area contributed by atoms with Crippen LogP contribution in [0.5, 0.6) is 0 Å². The standard InChI is InChI=1S/C11H15NO/c1-3-9-4-6-10(7-5-9)11(13)8(2)12/h4-8H,3,12H2,1-2H3/t8-/m0/s1. The van der Waals surface area contributed by atoms with E-state index in [1.54, 1.807) is 6.92 Å². The first-order valence-corrected chi connectivity index (χ1v) is 4.54. The van der Waals surface area contributed by atoms with Gasteiger partial charge in [-0.1, -0.05) is 31.2 Å². The average molecular weight is 177 g/mol. The summed E-state index contributed by atoms with van der Waals surface area (Å²) in [7, 11) is 0. The zero-order valence-corrected chi connectivity index (χ0v) is 8.08. The molecule has 0 bridgehead atoms. The quantitative estimate of drug-likeness (QED) is 0.715. The number of carbonyl (C=O) groups excluding carboxylic acids is 1. The molecule has 0 unspecified atom stereocenters. The highest BCUT2D eigenvalue weighted by molar-refractivity contribution is 5.99. The SMILES string of the molecule is CCc1ccc(C(=O)[C@H](C)N)cc1. The number of nitrogens with two attached hydrogens (primary N) is 1. The van der Waals surface area contributed by atoms with E-state index in [1.165, 1.54) is 5.56 Å². The molecule has 2 nitrogen and oxygen atoms in total. The Bertz CT molecular complexity index is 287. The van der Waals surface area contributed by atoms with Crippen molar-refractivity contribution in [2.45, 2.75) is 26.3 Å². The highest BCUT2D eigenvalue weighted by Gasteiger charge is 2.09. The second-order valence-corrected chi connectivity index (χ2v) is 3.20. The van der Waals surface area contributed by atoms with E-state index in [4.69, 9.17) is 5.73 Å². The van der Waals surface area contributed by atoms with Crippen LogP contribution >= 0.6 is 0 Å². The third kappa shape index (κ3) is 2.39. The van der Waals surface area contributed by atoms with E-state index in [0.717, 1.165) is 6.42 Å². The minimum absolute atomic E-state index is 0.00246. The molecule has 0 saturated heterocycles. The maximum Gasteiger partial charge on any atom is 0.179 e. The van der Waals surface area contributed by atoms with Crippen molar-refractivity contribution in [2.75, 3.05) is 0 Å². The monoisotopic (exact) mass is 177 g/mol. The normalized spacial score (nSPS) is 12.5. The van der Waals surface area contributed by atoms with Crippen LogP contribution < -0.4 is 5.73 Å². The van der Waals surface area contributed by atoms with Crippen molar-refractivity contribution < 1.29 is 4.79 Å². The summed E-state index contributed by atoms with van der Waals surface area (Å²) < 4.78 is 0. The molecule has 2 N–H and O–H groups in total. The third-order valence-corrected chi connectivity index (χ3v) is 2.06. The van der Waals surface area contributed by atoms with Crippen LogP contribution in [0, 0.1) is 0 Å². The number of ketones is 1. The van der Waals surface area contributed by atoms with Gasteiger partial charge in [-0.25, -0.2) is 0 Å². The summed E-state index contributed by atoms with van der Waals surface area (Å²) in [4.78, 5) is 11.4. The van der Waals surface area contributed by atoms with Gasteiger partial charge in [0.2, 0.25) is 0 Å². The molecule has 0 heterocycles. The largest absolute Gasteiger partial charge is 0.321 e. The molecule has 1 atom stereocenters. The summed E-state index contributed by atoms with van der Waals surface area (Å²) in [5.41, 5.74) is 7.43. The van der Waals surface area contributed by atoms with E-state index in [9.17, 15) is 4.79 Å². The maximum atomic E-state index is 11.4. The van der Waals surface area contributed by atoms with Gasteiger partial charge in [-0.15, -0.1) is 0 Å². The average Bonchev–Trinajstić information content (AvgIpc) is 2.17. The molecule has 0 aliphatic carbocycles. The summed E-state index contributed by atoms with van der Waals surface area (Å²) >= 11 is 0. The molecule has 13 heavy (non-hydrogen) atoms. The molecule has 0 spiro atoms. The highest BCUT2D eigenvalue weighted by atomic mass is 16.1. The topological polar surface area (TPSA) is 43.1 Å². The maximum absolute atomic E-state index is 11.4. The molecule has 0 saturated carbocycles. The summed E-state index contributed by atoms with van der Waals surface area (Å²) in [5, 5.41) is 0. The summed E-state index contributed by atoms with van der Waals surface area (Å²) in [6.45, 7) is 3.79. The molecule has 0 aromatic heterocycles. The lowest BCUT2D eigenvalue weighted by Crippen LogP contribution is -2.26. The smallest absolute Gasteiger partial charge is 0.179 e. The summed E-state index contributed by atoms with van der Waals surface area (Å²) in [5.74, 6) is 0.00246. The Morgan fingerprint density at radius 3 is 2.31 bits per heavy atom. The van der Waals surface area contributed by atoms with Crippen molar-refractivity contribution in [2.24, 2.45) is 5.73 Å². The van der Waals surface area contributed by atoms with E-state index in [1.807, 2.05) is 24.3 Å². The molecular formula is C11H15NO. The van der Waals surface area contributed by atoms with Crippen molar-refractivity contribution in [3.63, 3.8) is 0 Å². The fourth-order valence-electron chi connectivity index (χ4n) is 1.17. The van der Waals surface area contributed by atoms with E-state index in [2.05, 4.69) is 6.92 Å². The van der Waals surface area contributed by atoms with Crippen LogP contribution in [-0.2, 0) is 6.42 Å². The van der Waals surface area contributed by atoms with Crippen molar-refractivity contribution in [1.82, 2.24) is 0 Å². The van der Waals surface area contributed by atoms with Crippen molar-refractivity contribution in [3.05, 3.63) is 35.4 Å². The molecule has 0 aliphatic rings. The second kappa shape index (κ2) is 4.19. The first kappa shape index (κ1) is 9.93. The summed E-state index contributed by atoms with van der Waals surface area (Å²) in [6.07, 6.45) is 0.993. The molecule has 0 aliphatic heterocycles. The van der Waals surface area contributed by atoms with Gasteiger partial charge in [-0.3, -0.25) is 4.79 Å². The van der Waals surface area contributed by atoms with E-state index < -0.39 is 6.04 Å². The van der Waals surface area contributed by atoms with Gasteiger partial charge in [0.05, 0.1) is 6.04 Å². The Kier molecular flexibility index (Phi) is 3.20. The van der Waals surface area contributed by atoms with Gasteiger partial charge in [0.15, 0.2) is 5.78 Å². The van der Waals surface area contributed by atoms with Gasteiger partial charge in [0.1, 0.15) is 0 Å². The molecule has 0 fully saturated rings. The van der Waals surface area contributed by atoms with Gasteiger partial charge in [-0.05, 0) is 18.9 Å². The van der Waals surface area contributed by atoms with Gasteiger partial charge < -0.3 is 5.73 Å². The van der Waals surface area contributed by atoms with Crippen LogP contribution in [0.25, 0.3) is 0 Å². The van der Waals surface area contributed by atoms with Gasteiger partial charge in [-0.2, -0.15) is 0 Å². The Hall–Kier alpha value is -1.15. The fourth-order valence-corrected chi connectivity index (χ4v) is 1.17. The molecule has 70 valence electrons. The third-order valence-electron chi connectivity index (χ3n) is 2.06. The molecule has 1 aromatic rings. The van der Waals surface area contributed by atoms with Crippen LogP contribution in [0.3, 0.4) is 0 Å². The van der Waals surface area contributed by atoms with Crippen LogP contribution in [0.4, 0.5) is 0 Å². The zero-order valence-electron chi connectivity index (χ0n) is 8.08. The number of Topliss-reactive ketones (excluding diaryl/α,β-unsaturated/α-hetero) is 1. The predicted molar refractivity (Wildman–Crippen MR) is 53.8 cm³/mol. The molecule has 1 rings (SSSR count). The highest BCUT2D eigenvalue weighted by Crippen LogP contribution is 2.06. The van der Waals surface area contributed by atoms with E-state index in [-0.39, 0.29) is 5.78 Å². The van der Waals surface area contributed by atoms with Crippen LogP contribution in [0.1, 0.15) is 29.8 Å². The second-order valence-electron chi connectivity index (χ2n) is 3.20. The lowest BCUT2D eigenvalue weighted by molar-refractivity contribution is 0.0968. The number of rotatable bonds is 3. The number of hydrogen-bond acceptors (Lipinski definition) is 2. The Balaban J connectivity index is 2.86. The van der Waals surface area contributed by atoms with Crippen molar-refractivity contribution in [3.8, 4) is 0 Å². The predicted octanol–water partition coefficient (Wildman–Crippen LogP) is 1.78. The lowest BCUT2D eigenvalue weighted by Gasteiger charge is -2.04.